The minimum absolute atomic E-state index is 0.0279. The SMILES string of the molecule is CSCCC(C)NS(=O)(=O)c1cc(N)ccc1Cl. The Hall–Kier alpha value is -0.430. The number of nitrogens with two attached hydrogens (primary N) is 1. The van der Waals surface area contributed by atoms with Crippen LogP contribution >= 0.6 is 23.4 Å². The molecule has 1 aromatic carbocycles. The van der Waals surface area contributed by atoms with Crippen molar-refractivity contribution in [2.24, 2.45) is 0 Å². The predicted molar refractivity (Wildman–Crippen MR) is 78.6 cm³/mol. The molecule has 0 aliphatic carbocycles. The zero-order valence-electron chi connectivity index (χ0n) is 10.3. The van der Waals surface area contributed by atoms with Gasteiger partial charge in [0.15, 0.2) is 0 Å². The Morgan fingerprint density at radius 1 is 1.50 bits per heavy atom. The summed E-state index contributed by atoms with van der Waals surface area (Å²) in [7, 11) is -3.61. The van der Waals surface area contributed by atoms with Crippen molar-refractivity contribution in [1.29, 1.82) is 0 Å². The molecule has 4 nitrogen and oxygen atoms in total. The summed E-state index contributed by atoms with van der Waals surface area (Å²) in [6, 6.07) is 4.28. The molecule has 102 valence electrons. The number of sulfonamides is 1. The van der Waals surface area contributed by atoms with Gasteiger partial charge in [0.25, 0.3) is 0 Å². The molecule has 0 aliphatic rings. The molecule has 0 bridgehead atoms. The van der Waals surface area contributed by atoms with E-state index in [0.29, 0.717) is 5.69 Å². The van der Waals surface area contributed by atoms with Crippen molar-refractivity contribution in [3.05, 3.63) is 23.2 Å². The van der Waals surface area contributed by atoms with E-state index in [2.05, 4.69) is 4.72 Å². The highest BCUT2D eigenvalue weighted by atomic mass is 35.5. The first-order valence-electron chi connectivity index (χ1n) is 5.43. The third-order valence-corrected chi connectivity index (χ3v) is 5.07. The molecule has 7 heteroatoms. The Morgan fingerprint density at radius 3 is 2.78 bits per heavy atom. The van der Waals surface area contributed by atoms with Gasteiger partial charge >= 0.3 is 0 Å². The third kappa shape index (κ3) is 4.35. The van der Waals surface area contributed by atoms with E-state index in [0.717, 1.165) is 12.2 Å². The van der Waals surface area contributed by atoms with Gasteiger partial charge in [0.1, 0.15) is 4.90 Å². The van der Waals surface area contributed by atoms with Crippen molar-refractivity contribution in [2.75, 3.05) is 17.7 Å². The molecule has 0 saturated heterocycles. The summed E-state index contributed by atoms with van der Waals surface area (Å²) in [5.41, 5.74) is 5.95. The Balaban J connectivity index is 2.89. The molecule has 1 unspecified atom stereocenters. The van der Waals surface area contributed by atoms with Gasteiger partial charge in [-0.3, -0.25) is 0 Å². The molecule has 1 rings (SSSR count). The molecule has 0 amide bonds. The summed E-state index contributed by atoms with van der Waals surface area (Å²) in [6.07, 6.45) is 2.75. The smallest absolute Gasteiger partial charge is 0.242 e. The molecule has 0 spiro atoms. The third-order valence-electron chi connectivity index (χ3n) is 2.36. The van der Waals surface area contributed by atoms with Gasteiger partial charge in [0, 0.05) is 11.7 Å². The van der Waals surface area contributed by atoms with Gasteiger partial charge in [-0.25, -0.2) is 13.1 Å². The highest BCUT2D eigenvalue weighted by Gasteiger charge is 2.20. The van der Waals surface area contributed by atoms with E-state index < -0.39 is 10.0 Å². The predicted octanol–water partition coefficient (Wildman–Crippen LogP) is 2.34. The van der Waals surface area contributed by atoms with Crippen molar-refractivity contribution in [1.82, 2.24) is 4.72 Å². The number of hydrogen-bond acceptors (Lipinski definition) is 4. The number of nitrogens with one attached hydrogen (secondary N) is 1. The zero-order chi connectivity index (χ0) is 13.8. The molecule has 18 heavy (non-hydrogen) atoms. The first kappa shape index (κ1) is 15.6. The molecule has 0 saturated carbocycles. The number of anilines is 1. The summed E-state index contributed by atoms with van der Waals surface area (Å²) in [4.78, 5) is 0.0279. The summed E-state index contributed by atoms with van der Waals surface area (Å²) in [5, 5.41) is 0.175. The lowest BCUT2D eigenvalue weighted by Crippen LogP contribution is -2.33. The Bertz CT molecular complexity index is 506. The molecule has 0 aliphatic heterocycles. The second-order valence-electron chi connectivity index (χ2n) is 3.99. The second kappa shape index (κ2) is 6.65. The summed E-state index contributed by atoms with van der Waals surface area (Å²) >= 11 is 7.57. The maximum atomic E-state index is 12.1. The molecule has 1 aromatic rings. The minimum Gasteiger partial charge on any atom is -0.399 e. The van der Waals surface area contributed by atoms with Gasteiger partial charge in [-0.05, 0) is 43.6 Å². The van der Waals surface area contributed by atoms with E-state index in [9.17, 15) is 8.42 Å². The van der Waals surface area contributed by atoms with Crippen LogP contribution in [0.4, 0.5) is 5.69 Å². The van der Waals surface area contributed by atoms with Crippen molar-refractivity contribution >= 4 is 39.1 Å². The molecular weight excluding hydrogens is 292 g/mol. The fourth-order valence-corrected chi connectivity index (χ4v) is 3.81. The maximum Gasteiger partial charge on any atom is 0.242 e. The zero-order valence-corrected chi connectivity index (χ0v) is 12.7. The van der Waals surface area contributed by atoms with Crippen molar-refractivity contribution < 1.29 is 8.42 Å². The van der Waals surface area contributed by atoms with E-state index in [1.807, 2.05) is 13.2 Å². The number of rotatable bonds is 6. The largest absolute Gasteiger partial charge is 0.399 e. The molecule has 0 heterocycles. The molecule has 1 atom stereocenters. The van der Waals surface area contributed by atoms with E-state index in [1.165, 1.54) is 12.1 Å². The van der Waals surface area contributed by atoms with Gasteiger partial charge < -0.3 is 5.73 Å². The molecular formula is C11H17ClN2O2S2. The van der Waals surface area contributed by atoms with Crippen LogP contribution in [-0.4, -0.2) is 26.5 Å². The summed E-state index contributed by atoms with van der Waals surface area (Å²) < 4.78 is 26.8. The average molecular weight is 309 g/mol. The van der Waals surface area contributed by atoms with Crippen LogP contribution in [0.1, 0.15) is 13.3 Å². The van der Waals surface area contributed by atoms with Gasteiger partial charge in [0.2, 0.25) is 10.0 Å². The van der Waals surface area contributed by atoms with Crippen LogP contribution in [-0.2, 0) is 10.0 Å². The van der Waals surface area contributed by atoms with Gasteiger partial charge in [-0.1, -0.05) is 11.6 Å². The monoisotopic (exact) mass is 308 g/mol. The number of halogens is 1. The Morgan fingerprint density at radius 2 is 2.17 bits per heavy atom. The number of benzene rings is 1. The van der Waals surface area contributed by atoms with Crippen LogP contribution in [0.3, 0.4) is 0 Å². The molecule has 0 radical (unpaired) electrons. The lowest BCUT2D eigenvalue weighted by Gasteiger charge is -2.14. The van der Waals surface area contributed by atoms with Crippen molar-refractivity contribution in [3.8, 4) is 0 Å². The Labute approximate surface area is 117 Å². The highest BCUT2D eigenvalue weighted by molar-refractivity contribution is 7.98. The first-order valence-corrected chi connectivity index (χ1v) is 8.68. The second-order valence-corrected chi connectivity index (χ2v) is 7.07. The van der Waals surface area contributed by atoms with Gasteiger partial charge in [-0.2, -0.15) is 11.8 Å². The van der Waals surface area contributed by atoms with Crippen LogP contribution < -0.4 is 10.5 Å². The highest BCUT2D eigenvalue weighted by Crippen LogP contribution is 2.23. The lowest BCUT2D eigenvalue weighted by molar-refractivity contribution is 0.557. The number of hydrogen-bond donors (Lipinski definition) is 2. The Kier molecular flexibility index (Phi) is 5.78. The first-order chi connectivity index (χ1) is 8.36. The fourth-order valence-electron chi connectivity index (χ4n) is 1.41. The standard InChI is InChI=1S/C11H17ClN2O2S2/c1-8(5-6-17-2)14-18(15,16)11-7-9(13)3-4-10(11)12/h3-4,7-8,14H,5-6,13H2,1-2H3. The molecule has 3 N–H and O–H groups in total. The molecule has 0 aromatic heterocycles. The van der Waals surface area contributed by atoms with E-state index >= 15 is 0 Å². The van der Waals surface area contributed by atoms with E-state index in [1.54, 1.807) is 17.8 Å². The number of nitrogen functional groups attached to an aromatic ring is 1. The van der Waals surface area contributed by atoms with Crippen LogP contribution in [0, 0.1) is 0 Å². The van der Waals surface area contributed by atoms with Crippen LogP contribution in [0.25, 0.3) is 0 Å². The van der Waals surface area contributed by atoms with Gasteiger partial charge in [-0.15, -0.1) is 0 Å². The van der Waals surface area contributed by atoms with Crippen LogP contribution in [0.5, 0.6) is 0 Å². The van der Waals surface area contributed by atoms with Crippen LogP contribution in [0.15, 0.2) is 23.1 Å². The fraction of sp³-hybridized carbons (Fsp3) is 0.455. The summed E-state index contributed by atoms with van der Waals surface area (Å²) in [5.74, 6) is 0.897. The molecule has 0 fully saturated rings. The van der Waals surface area contributed by atoms with Crippen LogP contribution in [0.2, 0.25) is 5.02 Å². The maximum absolute atomic E-state index is 12.1. The number of thioether (sulfide) groups is 1. The minimum atomic E-state index is -3.61. The summed E-state index contributed by atoms with van der Waals surface area (Å²) in [6.45, 7) is 1.83. The van der Waals surface area contributed by atoms with E-state index in [4.69, 9.17) is 17.3 Å². The van der Waals surface area contributed by atoms with Crippen molar-refractivity contribution in [3.63, 3.8) is 0 Å². The average Bonchev–Trinajstić information content (AvgIpc) is 2.29. The lowest BCUT2D eigenvalue weighted by atomic mass is 10.3. The quantitative estimate of drug-likeness (QED) is 0.791. The topological polar surface area (TPSA) is 72.2 Å². The van der Waals surface area contributed by atoms with Crippen molar-refractivity contribution in [2.45, 2.75) is 24.3 Å². The van der Waals surface area contributed by atoms with E-state index in [-0.39, 0.29) is 16.0 Å². The van der Waals surface area contributed by atoms with Gasteiger partial charge in [0.05, 0.1) is 5.02 Å². The normalized spacial score (nSPS) is 13.5.